The van der Waals surface area contributed by atoms with Crippen molar-refractivity contribution < 1.29 is 15.4 Å². The predicted molar refractivity (Wildman–Crippen MR) is 72.6 cm³/mol. The quantitative estimate of drug-likeness (QED) is 0.684. The molecule has 0 aromatic rings. The minimum Gasteiger partial charge on any atom is -0.870 e. The first-order valence-electron chi connectivity index (χ1n) is 6.53. The van der Waals surface area contributed by atoms with E-state index in [2.05, 4.69) is 0 Å². The summed E-state index contributed by atoms with van der Waals surface area (Å²) in [6.07, 6.45) is 3.73. The summed E-state index contributed by atoms with van der Waals surface area (Å²) >= 11 is 0. The van der Waals surface area contributed by atoms with E-state index in [1.54, 1.807) is 27.7 Å². The summed E-state index contributed by atoms with van der Waals surface area (Å²) in [6.45, 7) is 9.91. The molecule has 0 atom stereocenters. The molecule has 0 unspecified atom stereocenters. The Hall–Kier alpha value is -1.60. The molecule has 1 N–H and O–H groups in total. The van der Waals surface area contributed by atoms with E-state index in [1.165, 1.54) is 0 Å². The molecule has 7 nitrogen and oxygen atoms in total. The first-order chi connectivity index (χ1) is 8.66. The van der Waals surface area contributed by atoms with E-state index in [9.17, 15) is 10.1 Å². The Kier molecular flexibility index (Phi) is 3.91. The van der Waals surface area contributed by atoms with Crippen molar-refractivity contribution >= 4 is 0 Å². The molecule has 0 aromatic heterocycles. The van der Waals surface area contributed by atoms with Crippen molar-refractivity contribution in [1.82, 2.24) is 14.9 Å². The molecule has 0 amide bonds. The standard InChI is InChI=1S/C13H22N4O2.H2O/c1-7-15-9-8-14(6)10(15)11-16(18)12(2,3)13(4,5)17(11)19;/h8-9H,7H2,1-6H3;1H2/q+1;/p-1. The smallest absolute Gasteiger partial charge is 0.391 e. The van der Waals surface area contributed by atoms with Gasteiger partial charge in [0.25, 0.3) is 0 Å². The van der Waals surface area contributed by atoms with E-state index >= 15 is 0 Å². The second-order valence-corrected chi connectivity index (χ2v) is 6.05. The molecule has 0 bridgehead atoms. The molecule has 1 radical (unpaired) electrons. The van der Waals surface area contributed by atoms with Gasteiger partial charge in [-0.15, -0.1) is 0 Å². The molecule has 7 heteroatoms. The second kappa shape index (κ2) is 4.75. The summed E-state index contributed by atoms with van der Waals surface area (Å²) in [5.41, 5.74) is -1.56. The molecule has 2 aliphatic rings. The molecule has 1 fully saturated rings. The van der Waals surface area contributed by atoms with E-state index in [4.69, 9.17) is 0 Å². The molecule has 20 heavy (non-hydrogen) atoms. The van der Waals surface area contributed by atoms with Gasteiger partial charge in [-0.1, -0.05) is 9.97 Å². The molecule has 2 heterocycles. The Morgan fingerprint density at radius 1 is 1.20 bits per heavy atom. The van der Waals surface area contributed by atoms with Crippen molar-refractivity contribution in [2.45, 2.75) is 45.7 Å². The third kappa shape index (κ3) is 1.81. The molecule has 0 aromatic carbocycles. The SMILES string of the molecule is CCN1C=CN(C)/C1=C1/N([O])C(C)(C)C(C)(C)[N+]1=O.[OH-]. The van der Waals surface area contributed by atoms with E-state index in [1.807, 2.05) is 36.2 Å². The normalized spacial score (nSPS) is 27.4. The van der Waals surface area contributed by atoms with E-state index in [0.717, 1.165) is 9.82 Å². The van der Waals surface area contributed by atoms with Gasteiger partial charge in [-0.2, -0.15) is 0 Å². The number of rotatable bonds is 1. The van der Waals surface area contributed by atoms with Crippen molar-refractivity contribution in [2.75, 3.05) is 13.6 Å². The summed E-state index contributed by atoms with van der Waals surface area (Å²) in [6, 6.07) is 0. The lowest BCUT2D eigenvalue weighted by Crippen LogP contribution is -2.50. The van der Waals surface area contributed by atoms with Crippen molar-refractivity contribution in [1.29, 1.82) is 0 Å². The van der Waals surface area contributed by atoms with Crippen molar-refractivity contribution in [3.8, 4) is 0 Å². The number of hydroxylamine groups is 2. The molecule has 0 saturated carbocycles. The Bertz CT molecular complexity index is 482. The van der Waals surface area contributed by atoms with E-state index < -0.39 is 11.1 Å². The Balaban J connectivity index is 0.00000200. The van der Waals surface area contributed by atoms with Gasteiger partial charge in [0.1, 0.15) is 0 Å². The third-order valence-corrected chi connectivity index (χ3v) is 4.51. The summed E-state index contributed by atoms with van der Waals surface area (Å²) < 4.78 is 0.849. The maximum Gasteiger partial charge on any atom is 0.391 e. The van der Waals surface area contributed by atoms with Crippen LogP contribution in [-0.4, -0.2) is 49.8 Å². The summed E-state index contributed by atoms with van der Waals surface area (Å²) in [7, 11) is 1.84. The minimum atomic E-state index is -0.778. The fourth-order valence-corrected chi connectivity index (χ4v) is 2.36. The maximum atomic E-state index is 12.6. The van der Waals surface area contributed by atoms with Crippen LogP contribution in [-0.2, 0) is 5.21 Å². The average molecular weight is 283 g/mol. The van der Waals surface area contributed by atoms with Crippen LogP contribution in [0.15, 0.2) is 24.0 Å². The summed E-state index contributed by atoms with van der Waals surface area (Å²) in [4.78, 5) is 16.3. The average Bonchev–Trinajstić information content (AvgIpc) is 2.74. The van der Waals surface area contributed by atoms with Gasteiger partial charge in [-0.3, -0.25) is 0 Å². The fourth-order valence-electron chi connectivity index (χ4n) is 2.36. The number of nitrogens with zero attached hydrogens (tertiary/aromatic N) is 4. The maximum absolute atomic E-state index is 12.6. The van der Waals surface area contributed by atoms with Crippen LogP contribution in [0.25, 0.3) is 0 Å². The lowest BCUT2D eigenvalue weighted by molar-refractivity contribution is -0.570. The zero-order valence-corrected chi connectivity index (χ0v) is 12.9. The van der Waals surface area contributed by atoms with Crippen LogP contribution in [0, 0.1) is 4.91 Å². The number of nitroso groups, excluding NO2 is 1. The molecule has 0 spiro atoms. The second-order valence-electron chi connectivity index (χ2n) is 6.05. The Morgan fingerprint density at radius 3 is 2.15 bits per heavy atom. The highest BCUT2D eigenvalue weighted by Gasteiger charge is 2.67. The molecule has 1 saturated heterocycles. The monoisotopic (exact) mass is 283 g/mol. The van der Waals surface area contributed by atoms with E-state index in [0.29, 0.717) is 12.4 Å². The van der Waals surface area contributed by atoms with Gasteiger partial charge < -0.3 is 15.3 Å². The van der Waals surface area contributed by atoms with Crippen LogP contribution in [0.2, 0.25) is 0 Å². The first-order valence-corrected chi connectivity index (χ1v) is 6.53. The zero-order valence-electron chi connectivity index (χ0n) is 12.9. The van der Waals surface area contributed by atoms with Crippen LogP contribution >= 0.6 is 0 Å². The lowest BCUT2D eigenvalue weighted by atomic mass is 9.84. The van der Waals surface area contributed by atoms with Gasteiger partial charge in [-0.05, 0) is 39.4 Å². The van der Waals surface area contributed by atoms with Gasteiger partial charge in [0.15, 0.2) is 11.1 Å². The molecule has 0 aliphatic carbocycles. The molecule has 2 rings (SSSR count). The molecular formula is C13H23N4O3. The highest BCUT2D eigenvalue weighted by molar-refractivity contribution is 5.20. The molecular weight excluding hydrogens is 260 g/mol. The Labute approximate surface area is 119 Å². The van der Waals surface area contributed by atoms with E-state index in [-0.39, 0.29) is 11.3 Å². The lowest BCUT2D eigenvalue weighted by Gasteiger charge is -2.25. The van der Waals surface area contributed by atoms with Crippen LogP contribution in [0.4, 0.5) is 0 Å². The molecule has 113 valence electrons. The fraction of sp³-hybridized carbons (Fsp3) is 0.692. The topological polar surface area (TPSA) is 79.7 Å². The van der Waals surface area contributed by atoms with Gasteiger partial charge in [0, 0.05) is 31.2 Å². The number of hydrogen-bond acceptors (Lipinski definition) is 5. The summed E-state index contributed by atoms with van der Waals surface area (Å²) in [5.74, 6) is 0.829. The number of hydrogen-bond donors (Lipinski definition) is 0. The van der Waals surface area contributed by atoms with Crippen molar-refractivity contribution in [2.24, 2.45) is 0 Å². The van der Waals surface area contributed by atoms with Gasteiger partial charge >= 0.3 is 5.82 Å². The largest absolute Gasteiger partial charge is 0.870 e. The highest BCUT2D eigenvalue weighted by atomic mass is 16.5. The molecule has 2 aliphatic heterocycles. The van der Waals surface area contributed by atoms with Crippen LogP contribution < -0.4 is 0 Å². The van der Waals surface area contributed by atoms with Gasteiger partial charge in [0.2, 0.25) is 5.82 Å². The minimum absolute atomic E-state index is 0. The van der Waals surface area contributed by atoms with Crippen molar-refractivity contribution in [3.05, 3.63) is 28.9 Å². The predicted octanol–water partition coefficient (Wildman–Crippen LogP) is 1.67. The first kappa shape index (κ1) is 16.5. The third-order valence-electron chi connectivity index (χ3n) is 4.51. The van der Waals surface area contributed by atoms with Gasteiger partial charge in [0.05, 0.1) is 0 Å². The van der Waals surface area contributed by atoms with Crippen LogP contribution in [0.3, 0.4) is 0 Å². The summed E-state index contributed by atoms with van der Waals surface area (Å²) in [5, 5.41) is 13.4. The highest BCUT2D eigenvalue weighted by Crippen LogP contribution is 2.43. The van der Waals surface area contributed by atoms with Crippen LogP contribution in [0.5, 0.6) is 0 Å². The van der Waals surface area contributed by atoms with Crippen LogP contribution in [0.1, 0.15) is 34.6 Å². The Morgan fingerprint density at radius 2 is 1.75 bits per heavy atom. The van der Waals surface area contributed by atoms with Gasteiger partial charge in [-0.25, -0.2) is 0 Å². The van der Waals surface area contributed by atoms with Crippen molar-refractivity contribution in [3.63, 3.8) is 0 Å². The zero-order chi connectivity index (χ0) is 14.6.